The molecule has 1 N–H and O–H groups in total. The standard InChI is InChI=1S/C33H34N4O6/c1-33(2,3)43-32(39)37-24(11-21-9-7-6-8-10-21)20-42-25-12-22(17-35-19-25)29(38)13-26-23(16-34)18-36-28-15-31(41-5)30(40-4)14-27(26)28/h6-10,12,14-15,17-19,24H,11,13,20H2,1-5H3,(H,37,39)/t24-/m0/s1. The Morgan fingerprint density at radius 2 is 1.72 bits per heavy atom. The van der Waals surface area contributed by atoms with Crippen molar-refractivity contribution in [2.24, 2.45) is 0 Å². The number of aromatic nitrogens is 2. The van der Waals surface area contributed by atoms with Crippen molar-refractivity contribution in [3.8, 4) is 23.3 Å². The Kier molecular flexibility index (Phi) is 9.78. The third kappa shape index (κ3) is 8.20. The van der Waals surface area contributed by atoms with Crippen LogP contribution in [0.2, 0.25) is 0 Å². The lowest BCUT2D eigenvalue weighted by atomic mass is 9.96. The van der Waals surface area contributed by atoms with E-state index < -0.39 is 17.7 Å². The van der Waals surface area contributed by atoms with Crippen LogP contribution in [0.4, 0.5) is 4.79 Å². The van der Waals surface area contributed by atoms with Gasteiger partial charge in [-0.05, 0) is 50.5 Å². The summed E-state index contributed by atoms with van der Waals surface area (Å²) in [5.74, 6) is 1.05. The van der Waals surface area contributed by atoms with E-state index in [-0.39, 0.29) is 24.4 Å². The highest BCUT2D eigenvalue weighted by atomic mass is 16.6. The molecule has 10 nitrogen and oxygen atoms in total. The minimum Gasteiger partial charge on any atom is -0.493 e. The summed E-state index contributed by atoms with van der Waals surface area (Å²) in [6, 6.07) is 16.4. The molecule has 0 aliphatic carbocycles. The number of hydrogen-bond donors (Lipinski definition) is 1. The lowest BCUT2D eigenvalue weighted by molar-refractivity contribution is 0.0487. The van der Waals surface area contributed by atoms with Crippen LogP contribution in [0.15, 0.2) is 67.1 Å². The number of Topliss-reactive ketones (excluding diaryl/α,β-unsaturated/α-hetero) is 1. The first-order chi connectivity index (χ1) is 20.6. The summed E-state index contributed by atoms with van der Waals surface area (Å²) in [7, 11) is 3.04. The van der Waals surface area contributed by atoms with Gasteiger partial charge in [0.2, 0.25) is 0 Å². The van der Waals surface area contributed by atoms with Gasteiger partial charge in [-0.25, -0.2) is 4.79 Å². The molecule has 4 rings (SSSR count). The molecule has 0 fully saturated rings. The summed E-state index contributed by atoms with van der Waals surface area (Å²) in [6.45, 7) is 5.50. The van der Waals surface area contributed by atoms with Gasteiger partial charge >= 0.3 is 6.09 Å². The maximum atomic E-state index is 13.5. The fourth-order valence-electron chi connectivity index (χ4n) is 4.49. The predicted molar refractivity (Wildman–Crippen MR) is 161 cm³/mol. The Morgan fingerprint density at radius 1 is 1.00 bits per heavy atom. The Bertz CT molecular complexity index is 1640. The first-order valence-corrected chi connectivity index (χ1v) is 13.7. The predicted octanol–water partition coefficient (Wildman–Crippen LogP) is 5.46. The number of ketones is 1. The van der Waals surface area contributed by atoms with Crippen LogP contribution in [-0.4, -0.2) is 54.3 Å². The van der Waals surface area contributed by atoms with Crippen molar-refractivity contribution in [1.82, 2.24) is 15.3 Å². The zero-order valence-corrected chi connectivity index (χ0v) is 24.8. The summed E-state index contributed by atoms with van der Waals surface area (Å²) in [4.78, 5) is 34.5. The molecule has 0 bridgehead atoms. The summed E-state index contributed by atoms with van der Waals surface area (Å²) in [6.07, 6.45) is 4.29. The van der Waals surface area contributed by atoms with Crippen molar-refractivity contribution in [2.45, 2.75) is 45.3 Å². The number of nitrogens with one attached hydrogen (secondary N) is 1. The minimum atomic E-state index is -0.649. The molecule has 1 atom stereocenters. The number of nitriles is 1. The highest BCUT2D eigenvalue weighted by Crippen LogP contribution is 2.34. The zero-order chi connectivity index (χ0) is 31.0. The average molecular weight is 583 g/mol. The van der Waals surface area contributed by atoms with Crippen molar-refractivity contribution in [2.75, 3.05) is 20.8 Å². The molecule has 1 amide bonds. The van der Waals surface area contributed by atoms with E-state index in [1.807, 2.05) is 30.3 Å². The number of ether oxygens (including phenoxy) is 4. The van der Waals surface area contributed by atoms with E-state index in [9.17, 15) is 14.9 Å². The Hall–Kier alpha value is -5.17. The number of amides is 1. The number of hydrogen-bond acceptors (Lipinski definition) is 9. The number of carbonyl (C=O) groups excluding carboxylic acids is 2. The summed E-state index contributed by atoms with van der Waals surface area (Å²) in [5.41, 5.74) is 2.05. The molecule has 0 saturated carbocycles. The molecule has 2 aromatic carbocycles. The molecule has 0 aliphatic heterocycles. The van der Waals surface area contributed by atoms with Crippen LogP contribution in [0, 0.1) is 11.3 Å². The highest BCUT2D eigenvalue weighted by Gasteiger charge is 2.21. The van der Waals surface area contributed by atoms with E-state index in [1.54, 1.807) is 39.0 Å². The van der Waals surface area contributed by atoms with Gasteiger partial charge in [0.05, 0.1) is 37.5 Å². The molecule has 0 spiro atoms. The number of carbonyl (C=O) groups is 2. The molecule has 0 aliphatic rings. The molecular formula is C33H34N4O6. The second-order valence-electron chi connectivity index (χ2n) is 10.8. The van der Waals surface area contributed by atoms with Crippen LogP contribution in [0.1, 0.15) is 47.8 Å². The smallest absolute Gasteiger partial charge is 0.408 e. The first kappa shape index (κ1) is 30.8. The van der Waals surface area contributed by atoms with Crippen LogP contribution >= 0.6 is 0 Å². The second kappa shape index (κ2) is 13.7. The highest BCUT2D eigenvalue weighted by molar-refractivity contribution is 6.00. The molecule has 0 radical (unpaired) electrons. The van der Waals surface area contributed by atoms with Gasteiger partial charge in [0.25, 0.3) is 0 Å². The SMILES string of the molecule is COc1cc2ncc(C#N)c(CC(=O)c3cncc(OC[C@H](Cc4ccccc4)NC(=O)OC(C)(C)C)c3)c2cc1OC. The van der Waals surface area contributed by atoms with Crippen LogP contribution in [0.3, 0.4) is 0 Å². The number of fused-ring (bicyclic) bond motifs is 1. The van der Waals surface area contributed by atoms with Gasteiger partial charge in [0.1, 0.15) is 24.0 Å². The van der Waals surface area contributed by atoms with Gasteiger partial charge in [0.15, 0.2) is 17.3 Å². The monoisotopic (exact) mass is 582 g/mol. The fraction of sp³-hybridized carbons (Fsp3) is 0.303. The van der Waals surface area contributed by atoms with Gasteiger partial charge < -0.3 is 24.3 Å². The van der Waals surface area contributed by atoms with Gasteiger partial charge in [-0.2, -0.15) is 5.26 Å². The number of alkyl carbamates (subject to hydrolysis) is 1. The topological polar surface area (TPSA) is 133 Å². The van der Waals surface area contributed by atoms with E-state index in [1.165, 1.54) is 32.8 Å². The largest absolute Gasteiger partial charge is 0.493 e. The van der Waals surface area contributed by atoms with Crippen LogP contribution < -0.4 is 19.5 Å². The second-order valence-corrected chi connectivity index (χ2v) is 10.8. The average Bonchev–Trinajstić information content (AvgIpc) is 2.99. The van der Waals surface area contributed by atoms with Gasteiger partial charge in [-0.1, -0.05) is 30.3 Å². The van der Waals surface area contributed by atoms with Gasteiger partial charge in [0, 0.05) is 35.8 Å². The van der Waals surface area contributed by atoms with Crippen LogP contribution in [0.25, 0.3) is 10.9 Å². The molecule has 4 aromatic rings. The van der Waals surface area contributed by atoms with E-state index in [0.29, 0.717) is 45.7 Å². The first-order valence-electron chi connectivity index (χ1n) is 13.7. The third-order valence-electron chi connectivity index (χ3n) is 6.47. The summed E-state index contributed by atoms with van der Waals surface area (Å²) < 4.78 is 22.2. The van der Waals surface area contributed by atoms with Gasteiger partial charge in [-0.3, -0.25) is 14.8 Å². The molecule has 0 unspecified atom stereocenters. The number of benzene rings is 2. The zero-order valence-electron chi connectivity index (χ0n) is 24.8. The minimum absolute atomic E-state index is 0.0701. The summed E-state index contributed by atoms with van der Waals surface area (Å²) >= 11 is 0. The maximum Gasteiger partial charge on any atom is 0.408 e. The molecule has 43 heavy (non-hydrogen) atoms. The molecular weight excluding hydrogens is 548 g/mol. The molecule has 10 heteroatoms. The summed E-state index contributed by atoms with van der Waals surface area (Å²) in [5, 5.41) is 13.3. The lowest BCUT2D eigenvalue weighted by Gasteiger charge is -2.24. The Labute approximate surface area is 250 Å². The van der Waals surface area contributed by atoms with E-state index >= 15 is 0 Å². The van der Waals surface area contributed by atoms with Crippen molar-refractivity contribution < 1.29 is 28.5 Å². The van der Waals surface area contributed by atoms with Crippen molar-refractivity contribution in [3.05, 3.63) is 89.4 Å². The normalized spacial score (nSPS) is 11.7. The number of methoxy groups -OCH3 is 2. The lowest BCUT2D eigenvalue weighted by Crippen LogP contribution is -2.43. The Balaban J connectivity index is 1.53. The molecule has 0 saturated heterocycles. The van der Waals surface area contributed by atoms with E-state index in [4.69, 9.17) is 18.9 Å². The molecule has 2 heterocycles. The van der Waals surface area contributed by atoms with E-state index in [2.05, 4.69) is 21.4 Å². The number of rotatable bonds is 11. The van der Waals surface area contributed by atoms with Crippen LogP contribution in [-0.2, 0) is 17.6 Å². The van der Waals surface area contributed by atoms with Crippen molar-refractivity contribution in [1.29, 1.82) is 5.26 Å². The van der Waals surface area contributed by atoms with Crippen molar-refractivity contribution in [3.63, 3.8) is 0 Å². The molecule has 2 aromatic heterocycles. The maximum absolute atomic E-state index is 13.5. The molecule has 222 valence electrons. The fourth-order valence-corrected chi connectivity index (χ4v) is 4.49. The van der Waals surface area contributed by atoms with Crippen molar-refractivity contribution >= 4 is 22.8 Å². The number of nitrogens with zero attached hydrogens (tertiary/aromatic N) is 3. The number of pyridine rings is 2. The van der Waals surface area contributed by atoms with E-state index in [0.717, 1.165) is 5.56 Å². The van der Waals surface area contributed by atoms with Gasteiger partial charge in [-0.15, -0.1) is 0 Å². The third-order valence-corrected chi connectivity index (χ3v) is 6.47. The van der Waals surface area contributed by atoms with Crippen LogP contribution in [0.5, 0.6) is 17.2 Å². The quantitative estimate of drug-likeness (QED) is 0.229. The Morgan fingerprint density at radius 3 is 2.40 bits per heavy atom.